The van der Waals surface area contributed by atoms with Gasteiger partial charge in [-0.15, -0.1) is 11.3 Å². The Kier molecular flexibility index (Phi) is 3.53. The fraction of sp³-hybridized carbons (Fsp3) is 0.400. The van der Waals surface area contributed by atoms with Gasteiger partial charge in [0.2, 0.25) is 0 Å². The number of nitrogens with one attached hydrogen (secondary N) is 1. The summed E-state index contributed by atoms with van der Waals surface area (Å²) in [5.41, 5.74) is 0.864. The van der Waals surface area contributed by atoms with Crippen LogP contribution in [-0.4, -0.2) is 37.0 Å². The van der Waals surface area contributed by atoms with Crippen molar-refractivity contribution in [1.29, 1.82) is 0 Å². The lowest BCUT2D eigenvalue weighted by atomic mass is 10.0. The van der Waals surface area contributed by atoms with Gasteiger partial charge in [-0.1, -0.05) is 18.2 Å². The van der Waals surface area contributed by atoms with Crippen LogP contribution >= 0.6 is 11.3 Å². The van der Waals surface area contributed by atoms with E-state index < -0.39 is 0 Å². The lowest BCUT2D eigenvalue weighted by molar-refractivity contribution is 0.0710. The standard InChI is InChI=1S/C15H18N2OS/c1-16-11-6-8-17(9-7-11)15(18)13-10-19-14-5-3-2-4-12(13)14/h2-5,10-11,16H,6-9H2,1H3. The molecule has 19 heavy (non-hydrogen) atoms. The van der Waals surface area contributed by atoms with Crippen LogP contribution in [0.1, 0.15) is 23.2 Å². The molecule has 2 aromatic rings. The first-order chi connectivity index (χ1) is 9.29. The van der Waals surface area contributed by atoms with Crippen molar-refractivity contribution >= 4 is 27.3 Å². The molecule has 3 nitrogen and oxygen atoms in total. The second-order valence-electron chi connectivity index (χ2n) is 5.00. The molecule has 2 heterocycles. The first-order valence-corrected chi connectivity index (χ1v) is 7.60. The summed E-state index contributed by atoms with van der Waals surface area (Å²) in [5.74, 6) is 0.187. The van der Waals surface area contributed by atoms with E-state index in [2.05, 4.69) is 11.4 Å². The van der Waals surface area contributed by atoms with Gasteiger partial charge in [0.25, 0.3) is 5.91 Å². The molecule has 1 aromatic heterocycles. The Morgan fingerprint density at radius 2 is 2.05 bits per heavy atom. The van der Waals surface area contributed by atoms with Crippen LogP contribution in [0.3, 0.4) is 0 Å². The highest BCUT2D eigenvalue weighted by Gasteiger charge is 2.24. The maximum absolute atomic E-state index is 12.6. The molecule has 0 radical (unpaired) electrons. The number of benzene rings is 1. The highest BCUT2D eigenvalue weighted by Crippen LogP contribution is 2.27. The van der Waals surface area contributed by atoms with Crippen molar-refractivity contribution in [3.8, 4) is 0 Å². The summed E-state index contributed by atoms with van der Waals surface area (Å²) in [4.78, 5) is 14.6. The van der Waals surface area contributed by atoms with E-state index in [-0.39, 0.29) is 5.91 Å². The third-order valence-corrected chi connectivity index (χ3v) is 4.87. The summed E-state index contributed by atoms with van der Waals surface area (Å²) < 4.78 is 1.19. The lowest BCUT2D eigenvalue weighted by Crippen LogP contribution is -2.43. The number of likely N-dealkylation sites (tertiary alicyclic amines) is 1. The fourth-order valence-corrected chi connectivity index (χ4v) is 3.62. The van der Waals surface area contributed by atoms with E-state index in [1.165, 1.54) is 4.70 Å². The number of nitrogens with zero attached hydrogens (tertiary/aromatic N) is 1. The van der Waals surface area contributed by atoms with Crippen molar-refractivity contribution < 1.29 is 4.79 Å². The molecule has 1 aliphatic heterocycles. The maximum atomic E-state index is 12.6. The number of piperidine rings is 1. The van der Waals surface area contributed by atoms with Gasteiger partial charge in [0.1, 0.15) is 0 Å². The van der Waals surface area contributed by atoms with Crippen LogP contribution in [0.25, 0.3) is 10.1 Å². The maximum Gasteiger partial charge on any atom is 0.255 e. The van der Waals surface area contributed by atoms with E-state index in [0.717, 1.165) is 36.9 Å². The highest BCUT2D eigenvalue weighted by molar-refractivity contribution is 7.17. The number of rotatable bonds is 2. The molecule has 0 aliphatic carbocycles. The normalized spacial score (nSPS) is 17.0. The Balaban J connectivity index is 1.81. The third-order valence-electron chi connectivity index (χ3n) is 3.90. The zero-order valence-electron chi connectivity index (χ0n) is 11.1. The van der Waals surface area contributed by atoms with Gasteiger partial charge in [0, 0.05) is 34.6 Å². The molecule has 0 saturated carbocycles. The van der Waals surface area contributed by atoms with Crippen molar-refractivity contribution in [2.45, 2.75) is 18.9 Å². The Bertz CT molecular complexity index is 585. The Morgan fingerprint density at radius 1 is 1.32 bits per heavy atom. The van der Waals surface area contributed by atoms with E-state index in [0.29, 0.717) is 6.04 Å². The van der Waals surface area contributed by atoms with Crippen molar-refractivity contribution in [2.24, 2.45) is 0 Å². The first kappa shape index (κ1) is 12.6. The third kappa shape index (κ3) is 2.38. The molecule has 0 unspecified atom stereocenters. The van der Waals surface area contributed by atoms with Crippen LogP contribution in [0, 0.1) is 0 Å². The van der Waals surface area contributed by atoms with Gasteiger partial charge in [0.15, 0.2) is 0 Å². The number of carbonyl (C=O) groups excluding carboxylic acids is 1. The summed E-state index contributed by atoms with van der Waals surface area (Å²) in [6, 6.07) is 8.69. The molecule has 100 valence electrons. The van der Waals surface area contributed by atoms with Crippen molar-refractivity contribution in [3.05, 3.63) is 35.2 Å². The summed E-state index contributed by atoms with van der Waals surface area (Å²) >= 11 is 1.65. The zero-order chi connectivity index (χ0) is 13.2. The molecule has 1 aliphatic rings. The van der Waals surface area contributed by atoms with Crippen molar-refractivity contribution in [2.75, 3.05) is 20.1 Å². The van der Waals surface area contributed by atoms with Gasteiger partial charge >= 0.3 is 0 Å². The average Bonchev–Trinajstić information content (AvgIpc) is 2.90. The predicted octanol–water partition coefficient (Wildman–Crippen LogP) is 2.73. The molecular weight excluding hydrogens is 256 g/mol. The second kappa shape index (κ2) is 5.31. The molecule has 3 rings (SSSR count). The molecule has 1 N–H and O–H groups in total. The molecular formula is C15H18N2OS. The smallest absolute Gasteiger partial charge is 0.255 e. The topological polar surface area (TPSA) is 32.3 Å². The molecule has 1 saturated heterocycles. The minimum absolute atomic E-state index is 0.187. The van der Waals surface area contributed by atoms with E-state index in [1.807, 2.05) is 35.5 Å². The minimum Gasteiger partial charge on any atom is -0.338 e. The van der Waals surface area contributed by atoms with Gasteiger partial charge in [-0.2, -0.15) is 0 Å². The molecule has 0 bridgehead atoms. The molecule has 1 aromatic carbocycles. The largest absolute Gasteiger partial charge is 0.338 e. The van der Waals surface area contributed by atoms with Gasteiger partial charge < -0.3 is 10.2 Å². The molecule has 1 fully saturated rings. The molecule has 0 spiro atoms. The van der Waals surface area contributed by atoms with Crippen LogP contribution in [0.5, 0.6) is 0 Å². The van der Waals surface area contributed by atoms with Crippen molar-refractivity contribution in [3.63, 3.8) is 0 Å². The van der Waals surface area contributed by atoms with Crippen LogP contribution in [0.15, 0.2) is 29.6 Å². The monoisotopic (exact) mass is 274 g/mol. The quantitative estimate of drug-likeness (QED) is 0.913. The number of fused-ring (bicyclic) bond motifs is 1. The number of carbonyl (C=O) groups is 1. The van der Waals surface area contributed by atoms with Crippen molar-refractivity contribution in [1.82, 2.24) is 10.2 Å². The summed E-state index contributed by atoms with van der Waals surface area (Å²) in [6.07, 6.45) is 2.09. The zero-order valence-corrected chi connectivity index (χ0v) is 11.9. The van der Waals surface area contributed by atoms with Crippen LogP contribution in [0.4, 0.5) is 0 Å². The minimum atomic E-state index is 0.187. The Labute approximate surface area is 117 Å². The second-order valence-corrected chi connectivity index (χ2v) is 5.91. The number of hydrogen-bond acceptors (Lipinski definition) is 3. The van der Waals surface area contributed by atoms with Gasteiger partial charge in [-0.3, -0.25) is 4.79 Å². The molecule has 1 amide bonds. The molecule has 0 atom stereocenters. The number of thiophene rings is 1. The van der Waals surface area contributed by atoms with Crippen LogP contribution in [-0.2, 0) is 0 Å². The van der Waals surface area contributed by atoms with E-state index in [9.17, 15) is 4.79 Å². The Morgan fingerprint density at radius 3 is 2.79 bits per heavy atom. The predicted molar refractivity (Wildman–Crippen MR) is 79.8 cm³/mol. The summed E-state index contributed by atoms with van der Waals surface area (Å²) in [7, 11) is 1.99. The van der Waals surface area contributed by atoms with Gasteiger partial charge in [-0.05, 0) is 26.0 Å². The van der Waals surface area contributed by atoms with E-state index in [4.69, 9.17) is 0 Å². The van der Waals surface area contributed by atoms with Gasteiger partial charge in [0.05, 0.1) is 5.56 Å². The van der Waals surface area contributed by atoms with E-state index in [1.54, 1.807) is 11.3 Å². The summed E-state index contributed by atoms with van der Waals surface area (Å²) in [5, 5.41) is 6.38. The number of hydrogen-bond donors (Lipinski definition) is 1. The van der Waals surface area contributed by atoms with Crippen LogP contribution < -0.4 is 5.32 Å². The van der Waals surface area contributed by atoms with Crippen LogP contribution in [0.2, 0.25) is 0 Å². The summed E-state index contributed by atoms with van der Waals surface area (Å²) in [6.45, 7) is 1.71. The molecule has 4 heteroatoms. The average molecular weight is 274 g/mol. The first-order valence-electron chi connectivity index (χ1n) is 6.72. The lowest BCUT2D eigenvalue weighted by Gasteiger charge is -2.31. The Hall–Kier alpha value is -1.39. The fourth-order valence-electron chi connectivity index (χ4n) is 2.69. The van der Waals surface area contributed by atoms with Gasteiger partial charge in [-0.25, -0.2) is 0 Å². The SMILES string of the molecule is CNC1CCN(C(=O)c2csc3ccccc23)CC1. The number of amides is 1. The highest BCUT2D eigenvalue weighted by atomic mass is 32.1. The van der Waals surface area contributed by atoms with E-state index >= 15 is 0 Å².